The van der Waals surface area contributed by atoms with Gasteiger partial charge in [0.25, 0.3) is 0 Å². The van der Waals surface area contributed by atoms with Crippen LogP contribution in [0.3, 0.4) is 0 Å². The Kier molecular flexibility index (Phi) is 3.78. The Morgan fingerprint density at radius 3 is 2.78 bits per heavy atom. The fourth-order valence-electron chi connectivity index (χ4n) is 1.63. The fourth-order valence-corrected chi connectivity index (χ4v) is 2.91. The van der Waals surface area contributed by atoms with Crippen LogP contribution in [0.4, 0.5) is 0 Å². The first-order valence-electron chi connectivity index (χ1n) is 5.61. The second-order valence-corrected chi connectivity index (χ2v) is 6.05. The van der Waals surface area contributed by atoms with E-state index in [4.69, 9.17) is 5.73 Å². The summed E-state index contributed by atoms with van der Waals surface area (Å²) in [5.41, 5.74) is 6.32. The van der Waals surface area contributed by atoms with E-state index >= 15 is 0 Å². The minimum atomic E-state index is -3.29. The van der Waals surface area contributed by atoms with E-state index in [1.54, 1.807) is 41.3 Å². The zero-order chi connectivity index (χ0) is 13.0. The van der Waals surface area contributed by atoms with Crippen LogP contribution in [0.15, 0.2) is 47.6 Å². The normalized spacial score (nSPS) is 11.6. The largest absolute Gasteiger partial charge is 0.326 e. The van der Waals surface area contributed by atoms with Gasteiger partial charge in [0.15, 0.2) is 9.84 Å². The molecule has 0 unspecified atom stereocenters. The Morgan fingerprint density at radius 1 is 1.28 bits per heavy atom. The van der Waals surface area contributed by atoms with E-state index in [1.807, 2.05) is 6.07 Å². The van der Waals surface area contributed by atoms with Gasteiger partial charge in [-0.3, -0.25) is 4.68 Å². The summed E-state index contributed by atoms with van der Waals surface area (Å²) in [4.78, 5) is 0.317. The van der Waals surface area contributed by atoms with Crippen molar-refractivity contribution in [1.29, 1.82) is 0 Å². The fraction of sp³-hybridized carbons (Fsp3) is 0.250. The zero-order valence-corrected chi connectivity index (χ0v) is 10.7. The van der Waals surface area contributed by atoms with Crippen LogP contribution < -0.4 is 5.73 Å². The highest BCUT2D eigenvalue weighted by molar-refractivity contribution is 7.91. The molecule has 0 atom stereocenters. The quantitative estimate of drug-likeness (QED) is 0.868. The molecule has 0 aliphatic carbocycles. The summed E-state index contributed by atoms with van der Waals surface area (Å²) >= 11 is 0. The Bertz CT molecular complexity index is 606. The van der Waals surface area contributed by atoms with Gasteiger partial charge in [0.2, 0.25) is 0 Å². The van der Waals surface area contributed by atoms with Crippen LogP contribution in [0.25, 0.3) is 0 Å². The van der Waals surface area contributed by atoms with Crippen LogP contribution in [-0.2, 0) is 22.9 Å². The molecule has 1 heterocycles. The lowest BCUT2D eigenvalue weighted by atomic mass is 10.2. The monoisotopic (exact) mass is 265 g/mol. The van der Waals surface area contributed by atoms with E-state index in [0.29, 0.717) is 18.0 Å². The van der Waals surface area contributed by atoms with Crippen LogP contribution >= 0.6 is 0 Å². The summed E-state index contributed by atoms with van der Waals surface area (Å²) in [7, 11) is -3.29. The predicted octanol–water partition coefficient (Wildman–Crippen LogP) is 0.816. The Hall–Kier alpha value is -1.66. The first kappa shape index (κ1) is 12.8. The van der Waals surface area contributed by atoms with Crippen molar-refractivity contribution in [1.82, 2.24) is 9.78 Å². The van der Waals surface area contributed by atoms with Gasteiger partial charge in [-0.05, 0) is 23.8 Å². The van der Waals surface area contributed by atoms with Gasteiger partial charge in [-0.15, -0.1) is 0 Å². The third-order valence-electron chi connectivity index (χ3n) is 2.64. The number of benzene rings is 1. The van der Waals surface area contributed by atoms with Crippen molar-refractivity contribution < 1.29 is 8.42 Å². The minimum absolute atomic E-state index is 0.0305. The predicted molar refractivity (Wildman–Crippen MR) is 68.6 cm³/mol. The lowest BCUT2D eigenvalue weighted by molar-refractivity contribution is 0.580. The first-order valence-corrected chi connectivity index (χ1v) is 7.26. The number of nitrogens with zero attached hydrogens (tertiary/aromatic N) is 2. The van der Waals surface area contributed by atoms with Crippen LogP contribution in [0.2, 0.25) is 0 Å². The number of aromatic nitrogens is 2. The van der Waals surface area contributed by atoms with Crippen LogP contribution in [0.1, 0.15) is 5.56 Å². The van der Waals surface area contributed by atoms with Crippen LogP contribution in [0, 0.1) is 0 Å². The SMILES string of the molecule is NCc1cccc(S(=O)(=O)CCn2cccn2)c1. The summed E-state index contributed by atoms with van der Waals surface area (Å²) in [6.07, 6.45) is 3.37. The molecule has 0 aliphatic rings. The zero-order valence-electron chi connectivity index (χ0n) is 9.86. The first-order chi connectivity index (χ1) is 8.62. The molecule has 2 aromatic rings. The van der Waals surface area contributed by atoms with Crippen molar-refractivity contribution in [2.24, 2.45) is 5.73 Å². The molecule has 18 heavy (non-hydrogen) atoms. The van der Waals surface area contributed by atoms with Gasteiger partial charge in [0, 0.05) is 18.9 Å². The molecule has 0 bridgehead atoms. The molecule has 1 aromatic carbocycles. The van der Waals surface area contributed by atoms with Gasteiger partial charge in [-0.25, -0.2) is 8.42 Å². The van der Waals surface area contributed by atoms with Crippen molar-refractivity contribution in [3.63, 3.8) is 0 Å². The van der Waals surface area contributed by atoms with Gasteiger partial charge in [0.05, 0.1) is 17.2 Å². The number of rotatable bonds is 5. The van der Waals surface area contributed by atoms with Crippen molar-refractivity contribution in [2.75, 3.05) is 5.75 Å². The maximum Gasteiger partial charge on any atom is 0.180 e. The molecule has 96 valence electrons. The topological polar surface area (TPSA) is 78.0 Å². The molecule has 0 saturated carbocycles. The number of nitrogens with two attached hydrogens (primary N) is 1. The second kappa shape index (κ2) is 5.32. The Labute approximate surface area is 106 Å². The molecular weight excluding hydrogens is 250 g/mol. The van der Waals surface area contributed by atoms with Crippen molar-refractivity contribution in [3.8, 4) is 0 Å². The molecule has 2 N–H and O–H groups in total. The van der Waals surface area contributed by atoms with E-state index in [9.17, 15) is 8.42 Å². The van der Waals surface area contributed by atoms with E-state index in [0.717, 1.165) is 5.56 Å². The van der Waals surface area contributed by atoms with E-state index in [2.05, 4.69) is 5.10 Å². The summed E-state index contributed by atoms with van der Waals surface area (Å²) in [5, 5.41) is 3.98. The molecule has 0 saturated heterocycles. The maximum absolute atomic E-state index is 12.1. The van der Waals surface area contributed by atoms with E-state index in [1.165, 1.54) is 0 Å². The van der Waals surface area contributed by atoms with Gasteiger partial charge in [0.1, 0.15) is 0 Å². The second-order valence-electron chi connectivity index (χ2n) is 3.94. The lowest BCUT2D eigenvalue weighted by Gasteiger charge is -2.06. The summed E-state index contributed by atoms with van der Waals surface area (Å²) < 4.78 is 25.8. The Balaban J connectivity index is 2.14. The van der Waals surface area contributed by atoms with Crippen LogP contribution in [0.5, 0.6) is 0 Å². The number of sulfone groups is 1. The molecule has 0 radical (unpaired) electrons. The van der Waals surface area contributed by atoms with Gasteiger partial charge >= 0.3 is 0 Å². The minimum Gasteiger partial charge on any atom is -0.326 e. The van der Waals surface area contributed by atoms with Crippen molar-refractivity contribution in [2.45, 2.75) is 18.0 Å². The standard InChI is InChI=1S/C12H15N3O2S/c13-10-11-3-1-4-12(9-11)18(16,17)8-7-15-6-2-5-14-15/h1-6,9H,7-8,10,13H2. The van der Waals surface area contributed by atoms with Gasteiger partial charge < -0.3 is 5.73 Å². The Morgan fingerprint density at radius 2 is 2.11 bits per heavy atom. The average Bonchev–Trinajstić information content (AvgIpc) is 2.90. The van der Waals surface area contributed by atoms with E-state index < -0.39 is 9.84 Å². The van der Waals surface area contributed by atoms with Gasteiger partial charge in [-0.2, -0.15) is 5.10 Å². The third-order valence-corrected chi connectivity index (χ3v) is 4.33. The van der Waals surface area contributed by atoms with E-state index in [-0.39, 0.29) is 5.75 Å². The smallest absolute Gasteiger partial charge is 0.180 e. The molecule has 0 fully saturated rings. The number of hydrogen-bond acceptors (Lipinski definition) is 4. The maximum atomic E-state index is 12.1. The molecule has 2 rings (SSSR count). The van der Waals surface area contributed by atoms with Crippen LogP contribution in [-0.4, -0.2) is 24.0 Å². The lowest BCUT2D eigenvalue weighted by Crippen LogP contribution is -2.14. The number of hydrogen-bond donors (Lipinski definition) is 1. The highest BCUT2D eigenvalue weighted by Crippen LogP contribution is 2.13. The summed E-state index contributed by atoms with van der Waals surface area (Å²) in [5.74, 6) is 0.0305. The van der Waals surface area contributed by atoms with Crippen molar-refractivity contribution >= 4 is 9.84 Å². The molecule has 0 amide bonds. The molecule has 0 aliphatic heterocycles. The highest BCUT2D eigenvalue weighted by Gasteiger charge is 2.14. The third kappa shape index (κ3) is 2.96. The van der Waals surface area contributed by atoms with Crippen molar-refractivity contribution in [3.05, 3.63) is 48.3 Å². The molecule has 0 spiro atoms. The molecule has 5 nitrogen and oxygen atoms in total. The van der Waals surface area contributed by atoms with Gasteiger partial charge in [-0.1, -0.05) is 12.1 Å². The summed E-state index contributed by atoms with van der Waals surface area (Å²) in [6.45, 7) is 0.685. The highest BCUT2D eigenvalue weighted by atomic mass is 32.2. The summed E-state index contributed by atoms with van der Waals surface area (Å²) in [6, 6.07) is 8.51. The average molecular weight is 265 g/mol. The number of aryl methyl sites for hydroxylation is 1. The molecule has 6 heteroatoms. The molecule has 1 aromatic heterocycles. The molecular formula is C12H15N3O2S.